The van der Waals surface area contributed by atoms with Crippen LogP contribution in [0, 0.1) is 11.8 Å². The van der Waals surface area contributed by atoms with Crippen LogP contribution in [0.3, 0.4) is 0 Å². The molecule has 0 unspecified atom stereocenters. The maximum atomic E-state index is 12.6. The van der Waals surface area contributed by atoms with Crippen molar-refractivity contribution >= 4 is 27.5 Å². The smallest absolute Gasteiger partial charge is 0.275 e. The number of carbonyl (C=O) groups excluding carboxylic acids is 1. The normalized spacial score (nSPS) is 31.0. The second kappa shape index (κ2) is 8.89. The molecule has 2 heterocycles. The summed E-state index contributed by atoms with van der Waals surface area (Å²) in [5.41, 5.74) is 1.12. The summed E-state index contributed by atoms with van der Waals surface area (Å²) < 4.78 is 1.28. The second-order valence-electron chi connectivity index (χ2n) is 8.87. The Morgan fingerprint density at radius 3 is 2.68 bits per heavy atom. The van der Waals surface area contributed by atoms with E-state index in [4.69, 9.17) is 4.98 Å². The average Bonchev–Trinajstić information content (AvgIpc) is 3.09. The van der Waals surface area contributed by atoms with Crippen molar-refractivity contribution in [2.45, 2.75) is 45.7 Å². The van der Waals surface area contributed by atoms with Gasteiger partial charge in [-0.3, -0.25) is 4.79 Å². The molecule has 3 atom stereocenters. The van der Waals surface area contributed by atoms with Crippen LogP contribution in [-0.4, -0.2) is 49.7 Å². The molecule has 1 saturated heterocycles. The first-order valence-corrected chi connectivity index (χ1v) is 11.7. The molecular weight excluding hydrogens is 368 g/mol. The maximum Gasteiger partial charge on any atom is 0.275 e. The fraction of sp³-hybridized carbons (Fsp3) is 0.636. The number of aromatic nitrogens is 1. The van der Waals surface area contributed by atoms with Gasteiger partial charge in [-0.15, -0.1) is 11.3 Å². The third-order valence-corrected chi connectivity index (χ3v) is 7.90. The molecule has 4 rings (SSSR count). The van der Waals surface area contributed by atoms with Crippen LogP contribution in [0.5, 0.6) is 0 Å². The SMILES string of the molecule is C[C@@H]1[C@@H](C)CCC[C@H]1NC(=O)C[NH+]1CC[NH+](Cc2nc3ccccc3s2)CC1. The van der Waals surface area contributed by atoms with Crippen LogP contribution in [0.15, 0.2) is 24.3 Å². The summed E-state index contributed by atoms with van der Waals surface area (Å²) in [6, 6.07) is 8.76. The number of para-hydroxylation sites is 1. The van der Waals surface area contributed by atoms with Crippen molar-refractivity contribution in [1.29, 1.82) is 0 Å². The summed E-state index contributed by atoms with van der Waals surface area (Å²) in [7, 11) is 0. The van der Waals surface area contributed by atoms with Crippen molar-refractivity contribution in [3.63, 3.8) is 0 Å². The van der Waals surface area contributed by atoms with Gasteiger partial charge in [-0.05, 0) is 30.4 Å². The number of quaternary nitrogens is 2. The van der Waals surface area contributed by atoms with Crippen LogP contribution in [0.4, 0.5) is 0 Å². The first kappa shape index (κ1) is 19.8. The van der Waals surface area contributed by atoms with Gasteiger partial charge in [0.25, 0.3) is 5.91 Å². The number of benzene rings is 1. The van der Waals surface area contributed by atoms with Gasteiger partial charge in [-0.1, -0.05) is 38.8 Å². The first-order chi connectivity index (χ1) is 13.6. The zero-order valence-corrected chi connectivity index (χ0v) is 18.0. The fourth-order valence-electron chi connectivity index (χ4n) is 4.79. The summed E-state index contributed by atoms with van der Waals surface area (Å²) in [6.45, 7) is 10.6. The number of amides is 1. The van der Waals surface area contributed by atoms with Gasteiger partial charge >= 0.3 is 0 Å². The van der Waals surface area contributed by atoms with Gasteiger partial charge in [-0.25, -0.2) is 4.98 Å². The highest BCUT2D eigenvalue weighted by molar-refractivity contribution is 7.18. The number of hydrogen-bond acceptors (Lipinski definition) is 3. The number of thiazole rings is 1. The molecule has 1 aromatic heterocycles. The van der Waals surface area contributed by atoms with E-state index in [-0.39, 0.29) is 5.91 Å². The molecule has 2 aliphatic rings. The van der Waals surface area contributed by atoms with E-state index in [1.807, 2.05) is 11.3 Å². The Hall–Kier alpha value is -1.50. The molecule has 0 radical (unpaired) electrons. The standard InChI is InChI=1S/C22H32N4OS/c1-16-6-5-8-18(17(16)2)23-21(27)14-25-10-12-26(13-11-25)15-22-24-19-7-3-4-9-20(19)28-22/h3-4,7,9,16-18H,5-6,8,10-15H2,1-2H3,(H,23,27)/p+2/t16-,17+,18+/m0/s1. The van der Waals surface area contributed by atoms with Crippen LogP contribution < -0.4 is 15.1 Å². The van der Waals surface area contributed by atoms with Gasteiger partial charge in [0.1, 0.15) is 37.7 Å². The Balaban J connectivity index is 1.22. The highest BCUT2D eigenvalue weighted by Gasteiger charge is 2.30. The predicted molar refractivity (Wildman–Crippen MR) is 114 cm³/mol. The fourth-order valence-corrected chi connectivity index (χ4v) is 5.83. The van der Waals surface area contributed by atoms with E-state index >= 15 is 0 Å². The van der Waals surface area contributed by atoms with Crippen LogP contribution in [0.25, 0.3) is 10.2 Å². The summed E-state index contributed by atoms with van der Waals surface area (Å²) in [5.74, 6) is 1.57. The lowest BCUT2D eigenvalue weighted by Gasteiger charge is -2.35. The van der Waals surface area contributed by atoms with E-state index < -0.39 is 0 Å². The molecule has 1 amide bonds. The molecule has 2 fully saturated rings. The molecule has 0 bridgehead atoms. The highest BCUT2D eigenvalue weighted by atomic mass is 32.1. The molecule has 1 aromatic carbocycles. The molecular formula is C22H34N4OS+2. The molecule has 3 N–H and O–H groups in total. The van der Waals surface area contributed by atoms with Crippen molar-refractivity contribution < 1.29 is 14.6 Å². The molecule has 1 aliphatic heterocycles. The summed E-state index contributed by atoms with van der Waals surface area (Å²) in [4.78, 5) is 20.4. The minimum atomic E-state index is 0.246. The topological polar surface area (TPSA) is 50.9 Å². The lowest BCUT2D eigenvalue weighted by atomic mass is 9.78. The number of carbonyl (C=O) groups is 1. The molecule has 28 heavy (non-hydrogen) atoms. The van der Waals surface area contributed by atoms with Crippen LogP contribution >= 0.6 is 11.3 Å². The number of hydrogen-bond donors (Lipinski definition) is 3. The van der Waals surface area contributed by atoms with E-state index in [0.717, 1.165) is 50.6 Å². The Kier molecular flexibility index (Phi) is 6.28. The van der Waals surface area contributed by atoms with Gasteiger partial charge in [0.05, 0.1) is 10.2 Å². The van der Waals surface area contributed by atoms with E-state index in [1.54, 1.807) is 4.90 Å². The van der Waals surface area contributed by atoms with Crippen LogP contribution in [0.2, 0.25) is 0 Å². The number of rotatable bonds is 5. The third-order valence-electron chi connectivity index (χ3n) is 6.87. The van der Waals surface area contributed by atoms with Gasteiger partial charge in [0.15, 0.2) is 6.54 Å². The zero-order valence-electron chi connectivity index (χ0n) is 17.2. The van der Waals surface area contributed by atoms with Crippen LogP contribution in [-0.2, 0) is 11.3 Å². The summed E-state index contributed by atoms with van der Waals surface area (Å²) in [5, 5.41) is 4.57. The molecule has 1 aliphatic carbocycles. The lowest BCUT2D eigenvalue weighted by Crippen LogP contribution is -3.28. The number of piperazine rings is 1. The molecule has 0 spiro atoms. The lowest BCUT2D eigenvalue weighted by molar-refractivity contribution is -1.02. The van der Waals surface area contributed by atoms with Crippen molar-refractivity contribution in [2.24, 2.45) is 11.8 Å². The largest absolute Gasteiger partial charge is 0.348 e. The van der Waals surface area contributed by atoms with Gasteiger partial charge in [-0.2, -0.15) is 0 Å². The van der Waals surface area contributed by atoms with Gasteiger partial charge in [0, 0.05) is 6.04 Å². The Morgan fingerprint density at radius 2 is 1.89 bits per heavy atom. The van der Waals surface area contributed by atoms with E-state index in [0.29, 0.717) is 18.5 Å². The number of fused-ring (bicyclic) bond motifs is 1. The molecule has 152 valence electrons. The summed E-state index contributed by atoms with van der Waals surface area (Å²) >= 11 is 1.82. The van der Waals surface area contributed by atoms with E-state index in [2.05, 4.69) is 43.4 Å². The number of nitrogens with one attached hydrogen (secondary N) is 3. The van der Waals surface area contributed by atoms with Crippen molar-refractivity contribution in [2.75, 3.05) is 32.7 Å². The number of nitrogens with zero attached hydrogens (tertiary/aromatic N) is 1. The molecule has 2 aromatic rings. The molecule has 1 saturated carbocycles. The summed E-state index contributed by atoms with van der Waals surface area (Å²) in [6.07, 6.45) is 3.70. The van der Waals surface area contributed by atoms with Crippen molar-refractivity contribution in [1.82, 2.24) is 10.3 Å². The second-order valence-corrected chi connectivity index (χ2v) is 9.99. The highest BCUT2D eigenvalue weighted by Crippen LogP contribution is 2.29. The predicted octanol–water partition coefficient (Wildman–Crippen LogP) is 0.521. The molecule has 5 nitrogen and oxygen atoms in total. The van der Waals surface area contributed by atoms with E-state index in [9.17, 15) is 4.79 Å². The van der Waals surface area contributed by atoms with Crippen LogP contribution in [0.1, 0.15) is 38.1 Å². The average molecular weight is 403 g/mol. The Bertz CT molecular complexity index is 766. The maximum absolute atomic E-state index is 12.6. The van der Waals surface area contributed by atoms with Crippen molar-refractivity contribution in [3.05, 3.63) is 29.3 Å². The van der Waals surface area contributed by atoms with Gasteiger partial charge < -0.3 is 15.1 Å². The van der Waals surface area contributed by atoms with E-state index in [1.165, 1.54) is 27.4 Å². The van der Waals surface area contributed by atoms with Gasteiger partial charge in [0.2, 0.25) is 0 Å². The zero-order chi connectivity index (χ0) is 19.5. The molecule has 6 heteroatoms. The quantitative estimate of drug-likeness (QED) is 0.683. The Morgan fingerprint density at radius 1 is 1.14 bits per heavy atom. The minimum Gasteiger partial charge on any atom is -0.348 e. The Labute approximate surface area is 172 Å². The third kappa shape index (κ3) is 4.73. The van der Waals surface area contributed by atoms with Crippen molar-refractivity contribution in [3.8, 4) is 0 Å². The monoisotopic (exact) mass is 402 g/mol. The minimum absolute atomic E-state index is 0.246. The first-order valence-electron chi connectivity index (χ1n) is 10.9.